The molecule has 0 saturated heterocycles. The fourth-order valence-electron chi connectivity index (χ4n) is 3.88. The molecule has 1 aliphatic carbocycles. The zero-order valence-electron chi connectivity index (χ0n) is 16.9. The summed E-state index contributed by atoms with van der Waals surface area (Å²) in [5.74, 6) is -1.25. The van der Waals surface area contributed by atoms with Gasteiger partial charge in [0, 0.05) is 30.4 Å². The number of nitrogens with zero attached hydrogens (tertiary/aromatic N) is 1. The summed E-state index contributed by atoms with van der Waals surface area (Å²) < 4.78 is 57.6. The highest BCUT2D eigenvalue weighted by Gasteiger charge is 2.35. The number of alkyl halides is 3. The number of aryl methyl sites for hydroxylation is 1. The SMILES string of the molecule is CCc1ccc2cnccc2c1CNC1CC(Oc2ccc(F)c(C(F)(F)F)c2)C1.Cl. The largest absolute Gasteiger partial charge is 0.490 e. The van der Waals surface area contributed by atoms with Crippen molar-refractivity contribution in [1.82, 2.24) is 10.3 Å². The Hall–Kier alpha value is -2.38. The quantitative estimate of drug-likeness (QED) is 0.458. The average Bonchev–Trinajstić information content (AvgIpc) is 2.69. The second-order valence-electron chi connectivity index (χ2n) is 7.58. The number of aromatic nitrogens is 1. The van der Waals surface area contributed by atoms with Crippen LogP contribution in [0.2, 0.25) is 0 Å². The highest BCUT2D eigenvalue weighted by molar-refractivity contribution is 5.86. The van der Waals surface area contributed by atoms with Gasteiger partial charge in [-0.1, -0.05) is 19.1 Å². The van der Waals surface area contributed by atoms with Gasteiger partial charge in [-0.05, 0) is 60.0 Å². The second kappa shape index (κ2) is 9.40. The van der Waals surface area contributed by atoms with Gasteiger partial charge in [0.25, 0.3) is 0 Å². The smallest absolute Gasteiger partial charge is 0.419 e. The molecule has 1 heterocycles. The van der Waals surface area contributed by atoms with E-state index in [2.05, 4.69) is 29.4 Å². The Balaban J connectivity index is 0.00000272. The number of pyridine rings is 1. The number of benzene rings is 2. The lowest BCUT2D eigenvalue weighted by Crippen LogP contribution is -2.46. The lowest BCUT2D eigenvalue weighted by atomic mass is 9.88. The molecule has 2 aromatic carbocycles. The van der Waals surface area contributed by atoms with E-state index in [-0.39, 0.29) is 30.3 Å². The molecule has 166 valence electrons. The summed E-state index contributed by atoms with van der Waals surface area (Å²) in [6.45, 7) is 2.83. The highest BCUT2D eigenvalue weighted by atomic mass is 35.5. The Bertz CT molecular complexity index is 1050. The predicted molar refractivity (Wildman–Crippen MR) is 114 cm³/mol. The number of halogens is 5. The van der Waals surface area contributed by atoms with Crippen LogP contribution in [0.4, 0.5) is 17.6 Å². The third-order valence-electron chi connectivity index (χ3n) is 5.62. The van der Waals surface area contributed by atoms with Crippen LogP contribution in [0, 0.1) is 5.82 Å². The van der Waals surface area contributed by atoms with Crippen LogP contribution in [-0.2, 0) is 19.1 Å². The lowest BCUT2D eigenvalue weighted by molar-refractivity contribution is -0.140. The Morgan fingerprint density at radius 1 is 1.13 bits per heavy atom. The maximum Gasteiger partial charge on any atom is 0.419 e. The van der Waals surface area contributed by atoms with Gasteiger partial charge < -0.3 is 10.1 Å². The van der Waals surface area contributed by atoms with Gasteiger partial charge in [-0.3, -0.25) is 4.98 Å². The maximum absolute atomic E-state index is 13.4. The van der Waals surface area contributed by atoms with Crippen molar-refractivity contribution < 1.29 is 22.3 Å². The molecule has 3 aromatic rings. The Morgan fingerprint density at radius 3 is 2.61 bits per heavy atom. The number of rotatable bonds is 6. The van der Waals surface area contributed by atoms with E-state index in [1.165, 1.54) is 22.6 Å². The monoisotopic (exact) mass is 454 g/mol. The molecule has 0 amide bonds. The van der Waals surface area contributed by atoms with Crippen molar-refractivity contribution >= 4 is 23.2 Å². The minimum Gasteiger partial charge on any atom is -0.490 e. The van der Waals surface area contributed by atoms with Crippen LogP contribution < -0.4 is 10.1 Å². The molecule has 0 bridgehead atoms. The van der Waals surface area contributed by atoms with Crippen molar-refractivity contribution in [2.75, 3.05) is 0 Å². The van der Waals surface area contributed by atoms with Crippen LogP contribution >= 0.6 is 12.4 Å². The normalized spacial score (nSPS) is 18.4. The minimum atomic E-state index is -4.74. The molecule has 1 fully saturated rings. The maximum atomic E-state index is 13.4. The third-order valence-corrected chi connectivity index (χ3v) is 5.62. The first-order valence-corrected chi connectivity index (χ1v) is 9.96. The van der Waals surface area contributed by atoms with Gasteiger partial charge in [0.15, 0.2) is 0 Å². The molecule has 0 aliphatic heterocycles. The van der Waals surface area contributed by atoms with Crippen LogP contribution in [0.3, 0.4) is 0 Å². The second-order valence-corrected chi connectivity index (χ2v) is 7.58. The van der Waals surface area contributed by atoms with E-state index >= 15 is 0 Å². The van der Waals surface area contributed by atoms with Gasteiger partial charge in [0.1, 0.15) is 17.7 Å². The van der Waals surface area contributed by atoms with Crippen molar-refractivity contribution in [3.05, 3.63) is 71.3 Å². The van der Waals surface area contributed by atoms with Crippen LogP contribution in [0.25, 0.3) is 10.8 Å². The molecule has 0 spiro atoms. The van der Waals surface area contributed by atoms with E-state index in [1.807, 2.05) is 12.3 Å². The predicted octanol–water partition coefficient (Wildman–Crippen LogP) is 6.08. The molecule has 1 N–H and O–H groups in total. The summed E-state index contributed by atoms with van der Waals surface area (Å²) in [6, 6.07) is 9.21. The zero-order chi connectivity index (χ0) is 21.3. The van der Waals surface area contributed by atoms with Crippen LogP contribution in [0.5, 0.6) is 5.75 Å². The van der Waals surface area contributed by atoms with Gasteiger partial charge in [-0.25, -0.2) is 4.39 Å². The van der Waals surface area contributed by atoms with Gasteiger partial charge in [-0.2, -0.15) is 13.2 Å². The van der Waals surface area contributed by atoms with Crippen molar-refractivity contribution in [2.45, 2.75) is 51.1 Å². The molecule has 0 unspecified atom stereocenters. The van der Waals surface area contributed by atoms with E-state index in [0.717, 1.165) is 23.9 Å². The molecular formula is C23H23ClF4N2O. The van der Waals surface area contributed by atoms with E-state index < -0.39 is 17.6 Å². The number of hydrogen-bond donors (Lipinski definition) is 1. The Labute approximate surface area is 184 Å². The summed E-state index contributed by atoms with van der Waals surface area (Å²) >= 11 is 0. The van der Waals surface area contributed by atoms with Crippen molar-refractivity contribution in [2.24, 2.45) is 0 Å². The van der Waals surface area contributed by atoms with Crippen molar-refractivity contribution in [1.29, 1.82) is 0 Å². The summed E-state index contributed by atoms with van der Waals surface area (Å²) in [6.07, 6.45) is 1.02. The van der Waals surface area contributed by atoms with E-state index in [1.54, 1.807) is 6.20 Å². The fourth-order valence-corrected chi connectivity index (χ4v) is 3.88. The molecule has 4 rings (SSSR count). The fraction of sp³-hybridized carbons (Fsp3) is 0.348. The van der Waals surface area contributed by atoms with Crippen molar-refractivity contribution in [3.63, 3.8) is 0 Å². The Morgan fingerprint density at radius 2 is 1.90 bits per heavy atom. The van der Waals surface area contributed by atoms with E-state index in [0.29, 0.717) is 19.4 Å². The van der Waals surface area contributed by atoms with Crippen LogP contribution in [0.15, 0.2) is 48.8 Å². The number of fused-ring (bicyclic) bond motifs is 1. The highest BCUT2D eigenvalue weighted by Crippen LogP contribution is 2.35. The molecule has 0 atom stereocenters. The number of hydrogen-bond acceptors (Lipinski definition) is 3. The van der Waals surface area contributed by atoms with E-state index in [9.17, 15) is 17.6 Å². The first-order chi connectivity index (χ1) is 14.3. The van der Waals surface area contributed by atoms with Crippen LogP contribution in [-0.4, -0.2) is 17.1 Å². The molecule has 1 aliphatic rings. The minimum absolute atomic E-state index is 0. The molecule has 8 heteroatoms. The molecule has 0 radical (unpaired) electrons. The van der Waals surface area contributed by atoms with Gasteiger partial charge in [0.05, 0.1) is 5.56 Å². The van der Waals surface area contributed by atoms with Gasteiger partial charge in [-0.15, -0.1) is 12.4 Å². The Kier molecular flexibility index (Phi) is 7.06. The van der Waals surface area contributed by atoms with Crippen LogP contribution in [0.1, 0.15) is 36.5 Å². The van der Waals surface area contributed by atoms with Gasteiger partial charge >= 0.3 is 6.18 Å². The number of ether oxygens (including phenoxy) is 1. The lowest BCUT2D eigenvalue weighted by Gasteiger charge is -2.36. The van der Waals surface area contributed by atoms with Gasteiger partial charge in [0.2, 0.25) is 0 Å². The first kappa shape index (κ1) is 23.3. The summed E-state index contributed by atoms with van der Waals surface area (Å²) in [4.78, 5) is 4.18. The van der Waals surface area contributed by atoms with E-state index in [4.69, 9.17) is 4.74 Å². The topological polar surface area (TPSA) is 34.2 Å². The molecular weight excluding hydrogens is 432 g/mol. The molecule has 31 heavy (non-hydrogen) atoms. The third kappa shape index (κ3) is 5.10. The van der Waals surface area contributed by atoms with Crippen molar-refractivity contribution in [3.8, 4) is 5.75 Å². The molecule has 1 aromatic heterocycles. The summed E-state index contributed by atoms with van der Waals surface area (Å²) in [7, 11) is 0. The standard InChI is InChI=1S/C23H22F4N2O.ClH/c1-2-14-3-4-15-12-28-8-7-19(15)20(14)13-29-16-9-18(10-16)30-17-5-6-22(24)21(11-17)23(25,26)27;/h3-8,11-12,16,18,29H,2,9-10,13H2,1H3;1H. The molecule has 1 saturated carbocycles. The summed E-state index contributed by atoms with van der Waals surface area (Å²) in [5, 5.41) is 5.79. The zero-order valence-corrected chi connectivity index (χ0v) is 17.7. The average molecular weight is 455 g/mol. The summed E-state index contributed by atoms with van der Waals surface area (Å²) in [5.41, 5.74) is 1.22. The first-order valence-electron chi connectivity index (χ1n) is 9.96. The number of nitrogens with one attached hydrogen (secondary N) is 1. The molecule has 3 nitrogen and oxygen atoms in total.